The van der Waals surface area contributed by atoms with Crippen molar-refractivity contribution in [3.63, 3.8) is 0 Å². The molecule has 0 radical (unpaired) electrons. The van der Waals surface area contributed by atoms with Crippen LogP contribution in [0, 0.1) is 0 Å². The fraction of sp³-hybridized carbons (Fsp3) is 0.0714. The van der Waals surface area contributed by atoms with Crippen LogP contribution in [-0.4, -0.2) is 16.9 Å². The molecule has 0 saturated heterocycles. The van der Waals surface area contributed by atoms with E-state index in [1.165, 1.54) is 0 Å². The Hall–Kier alpha value is -2.49. The summed E-state index contributed by atoms with van der Waals surface area (Å²) < 4.78 is 7.20. The van der Waals surface area contributed by atoms with E-state index in [0.717, 1.165) is 22.3 Å². The summed E-state index contributed by atoms with van der Waals surface area (Å²) in [4.78, 5) is 0. The molecule has 1 aromatic heterocycles. The number of rotatable bonds is 2. The van der Waals surface area contributed by atoms with E-state index in [-0.39, 0.29) is 0 Å². The Morgan fingerprint density at radius 1 is 1.11 bits per heavy atom. The molecule has 4 nitrogen and oxygen atoms in total. The first-order valence-electron chi connectivity index (χ1n) is 5.67. The van der Waals surface area contributed by atoms with Gasteiger partial charge in [0, 0.05) is 5.39 Å². The molecule has 3 aromatic rings. The topological polar surface area (TPSA) is 53.1 Å². The number of hydrogen-bond donors (Lipinski definition) is 1. The van der Waals surface area contributed by atoms with Crippen LogP contribution in [0.3, 0.4) is 0 Å². The molecule has 0 spiro atoms. The standard InChI is InChI=1S/C14H13N3O/c1-18-13-8-4-5-10-9-16-17(14(10)13)12-7-3-2-6-11(12)15/h2-9H,15H2,1H3. The Morgan fingerprint density at radius 3 is 2.72 bits per heavy atom. The minimum absolute atomic E-state index is 0.688. The molecule has 0 fully saturated rings. The zero-order chi connectivity index (χ0) is 12.5. The van der Waals surface area contributed by atoms with E-state index in [1.54, 1.807) is 7.11 Å². The minimum Gasteiger partial charge on any atom is -0.494 e. The zero-order valence-corrected chi connectivity index (χ0v) is 10.00. The molecule has 1 heterocycles. The van der Waals surface area contributed by atoms with Crippen LogP contribution in [0.4, 0.5) is 5.69 Å². The minimum atomic E-state index is 0.688. The molecule has 18 heavy (non-hydrogen) atoms. The number of fused-ring (bicyclic) bond motifs is 1. The van der Waals surface area contributed by atoms with Gasteiger partial charge in [-0.2, -0.15) is 5.10 Å². The number of nitrogens with two attached hydrogens (primary N) is 1. The summed E-state index contributed by atoms with van der Waals surface area (Å²) in [7, 11) is 1.65. The highest BCUT2D eigenvalue weighted by Gasteiger charge is 2.11. The molecule has 0 aliphatic rings. The van der Waals surface area contributed by atoms with Crippen molar-refractivity contribution in [3.8, 4) is 11.4 Å². The molecule has 2 aromatic carbocycles. The van der Waals surface area contributed by atoms with Gasteiger partial charge in [-0.15, -0.1) is 0 Å². The molecule has 0 atom stereocenters. The van der Waals surface area contributed by atoms with Crippen LogP contribution in [0.5, 0.6) is 5.75 Å². The average Bonchev–Trinajstić information content (AvgIpc) is 2.83. The Morgan fingerprint density at radius 2 is 1.94 bits per heavy atom. The maximum absolute atomic E-state index is 5.99. The molecule has 0 amide bonds. The smallest absolute Gasteiger partial charge is 0.145 e. The lowest BCUT2D eigenvalue weighted by Gasteiger charge is -2.09. The summed E-state index contributed by atoms with van der Waals surface area (Å²) in [6.45, 7) is 0. The third-order valence-corrected chi connectivity index (χ3v) is 2.94. The average molecular weight is 239 g/mol. The van der Waals surface area contributed by atoms with Crippen molar-refractivity contribution in [3.05, 3.63) is 48.7 Å². The lowest BCUT2D eigenvalue weighted by molar-refractivity contribution is 0.418. The first-order valence-corrected chi connectivity index (χ1v) is 5.67. The van der Waals surface area contributed by atoms with Crippen molar-refractivity contribution in [1.82, 2.24) is 9.78 Å². The van der Waals surface area contributed by atoms with E-state index in [0.29, 0.717) is 5.69 Å². The van der Waals surface area contributed by atoms with Gasteiger partial charge in [0.15, 0.2) is 0 Å². The second-order valence-corrected chi connectivity index (χ2v) is 4.01. The van der Waals surface area contributed by atoms with Crippen LogP contribution < -0.4 is 10.5 Å². The number of para-hydroxylation sites is 3. The van der Waals surface area contributed by atoms with Crippen LogP contribution in [0.25, 0.3) is 16.6 Å². The molecule has 0 aliphatic carbocycles. The summed E-state index contributed by atoms with van der Waals surface area (Å²) in [6, 6.07) is 13.5. The van der Waals surface area contributed by atoms with Crippen LogP contribution in [0.2, 0.25) is 0 Å². The molecular weight excluding hydrogens is 226 g/mol. The Labute approximate surface area is 105 Å². The van der Waals surface area contributed by atoms with Gasteiger partial charge < -0.3 is 10.5 Å². The highest BCUT2D eigenvalue weighted by atomic mass is 16.5. The summed E-state index contributed by atoms with van der Waals surface area (Å²) in [6.07, 6.45) is 1.81. The van der Waals surface area contributed by atoms with Crippen LogP contribution in [0.15, 0.2) is 48.7 Å². The molecular formula is C14H13N3O. The number of anilines is 1. The molecule has 0 aliphatic heterocycles. The van der Waals surface area contributed by atoms with Crippen LogP contribution in [-0.2, 0) is 0 Å². The van der Waals surface area contributed by atoms with E-state index in [2.05, 4.69) is 5.10 Å². The molecule has 3 rings (SSSR count). The Balaban J connectivity index is 2.34. The molecule has 0 unspecified atom stereocenters. The Kier molecular flexibility index (Phi) is 2.41. The van der Waals surface area contributed by atoms with Gasteiger partial charge in [-0.05, 0) is 18.2 Å². The summed E-state index contributed by atoms with van der Waals surface area (Å²) >= 11 is 0. The summed E-state index contributed by atoms with van der Waals surface area (Å²) in [5.74, 6) is 0.785. The van der Waals surface area contributed by atoms with Crippen LogP contribution >= 0.6 is 0 Å². The van der Waals surface area contributed by atoms with Gasteiger partial charge in [-0.25, -0.2) is 4.68 Å². The van der Waals surface area contributed by atoms with E-state index < -0.39 is 0 Å². The number of aromatic nitrogens is 2. The third kappa shape index (κ3) is 1.50. The number of ether oxygens (including phenoxy) is 1. The maximum atomic E-state index is 5.99. The number of benzene rings is 2. The fourth-order valence-corrected chi connectivity index (χ4v) is 2.08. The fourth-order valence-electron chi connectivity index (χ4n) is 2.08. The van der Waals surface area contributed by atoms with E-state index >= 15 is 0 Å². The molecule has 4 heteroatoms. The predicted molar refractivity (Wildman–Crippen MR) is 72.0 cm³/mol. The molecule has 2 N–H and O–H groups in total. The van der Waals surface area contributed by atoms with E-state index in [1.807, 2.05) is 53.3 Å². The zero-order valence-electron chi connectivity index (χ0n) is 10.00. The first kappa shape index (κ1) is 10.7. The highest BCUT2D eigenvalue weighted by Crippen LogP contribution is 2.29. The maximum Gasteiger partial charge on any atom is 0.145 e. The monoisotopic (exact) mass is 239 g/mol. The van der Waals surface area contributed by atoms with Crippen LogP contribution in [0.1, 0.15) is 0 Å². The SMILES string of the molecule is COc1cccc2cnn(-c3ccccc3N)c12. The van der Waals surface area contributed by atoms with E-state index in [9.17, 15) is 0 Å². The van der Waals surface area contributed by atoms with E-state index in [4.69, 9.17) is 10.5 Å². The lowest BCUT2D eigenvalue weighted by atomic mass is 10.2. The van der Waals surface area contributed by atoms with Crippen molar-refractivity contribution in [2.45, 2.75) is 0 Å². The van der Waals surface area contributed by atoms with Gasteiger partial charge in [0.2, 0.25) is 0 Å². The van der Waals surface area contributed by atoms with Gasteiger partial charge in [0.1, 0.15) is 11.3 Å². The molecule has 0 bridgehead atoms. The second-order valence-electron chi connectivity index (χ2n) is 4.01. The lowest BCUT2D eigenvalue weighted by Crippen LogP contribution is -2.01. The number of hydrogen-bond acceptors (Lipinski definition) is 3. The molecule has 0 saturated carbocycles. The highest BCUT2D eigenvalue weighted by molar-refractivity contribution is 5.87. The second kappa shape index (κ2) is 4.07. The van der Waals surface area contributed by atoms with Gasteiger partial charge in [-0.3, -0.25) is 0 Å². The predicted octanol–water partition coefficient (Wildman–Crippen LogP) is 2.62. The van der Waals surface area contributed by atoms with Crippen molar-refractivity contribution in [1.29, 1.82) is 0 Å². The summed E-state index contributed by atoms with van der Waals surface area (Å²) in [5.41, 5.74) is 8.47. The molecule has 90 valence electrons. The largest absolute Gasteiger partial charge is 0.494 e. The van der Waals surface area contributed by atoms with Gasteiger partial charge >= 0.3 is 0 Å². The van der Waals surface area contributed by atoms with Gasteiger partial charge in [-0.1, -0.05) is 24.3 Å². The van der Waals surface area contributed by atoms with Crippen molar-refractivity contribution in [2.24, 2.45) is 0 Å². The van der Waals surface area contributed by atoms with Gasteiger partial charge in [0.25, 0.3) is 0 Å². The number of methoxy groups -OCH3 is 1. The van der Waals surface area contributed by atoms with Crippen molar-refractivity contribution >= 4 is 16.6 Å². The van der Waals surface area contributed by atoms with Crippen molar-refractivity contribution < 1.29 is 4.74 Å². The van der Waals surface area contributed by atoms with Gasteiger partial charge in [0.05, 0.1) is 24.7 Å². The number of nitrogens with zero attached hydrogens (tertiary/aromatic N) is 2. The normalized spacial score (nSPS) is 10.7. The Bertz CT molecular complexity index is 703. The first-order chi connectivity index (χ1) is 8.81. The number of nitrogen functional groups attached to an aromatic ring is 1. The van der Waals surface area contributed by atoms with Crippen molar-refractivity contribution in [2.75, 3.05) is 12.8 Å². The quantitative estimate of drug-likeness (QED) is 0.699. The third-order valence-electron chi connectivity index (χ3n) is 2.94. The summed E-state index contributed by atoms with van der Waals surface area (Å²) in [5, 5.41) is 5.42.